The molecule has 1 amide bonds. The van der Waals surface area contributed by atoms with Crippen LogP contribution >= 0.6 is 0 Å². The highest BCUT2D eigenvalue weighted by Gasteiger charge is 2.29. The molecular formula is C31H34N2O4. The lowest BCUT2D eigenvalue weighted by Gasteiger charge is -2.21. The van der Waals surface area contributed by atoms with Crippen molar-refractivity contribution in [3.63, 3.8) is 0 Å². The lowest BCUT2D eigenvalue weighted by molar-refractivity contribution is -0.152. The van der Waals surface area contributed by atoms with Crippen molar-refractivity contribution in [2.45, 2.75) is 52.7 Å². The number of carboxylic acids is 1. The van der Waals surface area contributed by atoms with Gasteiger partial charge in [0.15, 0.2) is 5.60 Å². The highest BCUT2D eigenvalue weighted by atomic mass is 16.5. The van der Waals surface area contributed by atoms with Crippen LogP contribution in [0.25, 0.3) is 10.9 Å². The molecule has 3 aromatic carbocycles. The van der Waals surface area contributed by atoms with E-state index in [4.69, 9.17) is 4.74 Å². The van der Waals surface area contributed by atoms with Crippen molar-refractivity contribution in [2.75, 3.05) is 0 Å². The molecule has 6 nitrogen and oxygen atoms in total. The Morgan fingerprint density at radius 1 is 1.03 bits per heavy atom. The summed E-state index contributed by atoms with van der Waals surface area (Å²) in [6, 6.07) is 21.5. The summed E-state index contributed by atoms with van der Waals surface area (Å²) in [5.74, 6) is -0.599. The molecule has 0 fully saturated rings. The number of rotatable bonds is 8. The number of aliphatic carboxylic acids is 1. The van der Waals surface area contributed by atoms with Crippen LogP contribution in [0.1, 0.15) is 65.1 Å². The van der Waals surface area contributed by atoms with Gasteiger partial charge in [0.05, 0.1) is 6.04 Å². The molecule has 0 saturated heterocycles. The summed E-state index contributed by atoms with van der Waals surface area (Å²) in [7, 11) is 2.02. The predicted molar refractivity (Wildman–Crippen MR) is 146 cm³/mol. The third kappa shape index (κ3) is 5.53. The summed E-state index contributed by atoms with van der Waals surface area (Å²) in [6.45, 7) is 9.18. The Hall–Kier alpha value is -4.06. The molecule has 0 bridgehead atoms. The van der Waals surface area contributed by atoms with Crippen molar-refractivity contribution in [1.82, 2.24) is 9.88 Å². The van der Waals surface area contributed by atoms with Gasteiger partial charge in [-0.15, -0.1) is 0 Å². The second-order valence-corrected chi connectivity index (χ2v) is 10.2. The van der Waals surface area contributed by atoms with Gasteiger partial charge >= 0.3 is 5.97 Å². The number of amides is 1. The van der Waals surface area contributed by atoms with Crippen molar-refractivity contribution in [3.8, 4) is 5.75 Å². The third-order valence-electron chi connectivity index (χ3n) is 6.97. The van der Waals surface area contributed by atoms with Crippen LogP contribution in [-0.2, 0) is 18.3 Å². The van der Waals surface area contributed by atoms with Gasteiger partial charge in [0.1, 0.15) is 5.75 Å². The van der Waals surface area contributed by atoms with E-state index in [1.165, 1.54) is 19.4 Å². The van der Waals surface area contributed by atoms with Gasteiger partial charge in [-0.1, -0.05) is 48.0 Å². The standard InChI is InChI=1S/C31H34N2O4/c1-19-8-7-9-23(16-19)20(2)32-29(34)24-12-15-26-27(21(3)33(6)28(26)18-24)17-22-10-13-25(14-11-22)37-31(4,5)30(35)36/h7-16,18,20H,17H2,1-6H3,(H,32,34)(H,35,36)/t20-/m0/s1. The Balaban J connectivity index is 1.54. The Labute approximate surface area is 217 Å². The number of nitrogens with zero attached hydrogens (tertiary/aromatic N) is 1. The molecule has 0 unspecified atom stereocenters. The molecule has 2 N–H and O–H groups in total. The third-order valence-corrected chi connectivity index (χ3v) is 6.97. The maximum atomic E-state index is 13.1. The predicted octanol–water partition coefficient (Wildman–Crippen LogP) is 6.12. The van der Waals surface area contributed by atoms with E-state index in [2.05, 4.69) is 22.9 Å². The van der Waals surface area contributed by atoms with Crippen LogP contribution in [0.15, 0.2) is 66.7 Å². The average Bonchev–Trinajstić information content (AvgIpc) is 3.09. The van der Waals surface area contributed by atoms with E-state index >= 15 is 0 Å². The van der Waals surface area contributed by atoms with E-state index in [-0.39, 0.29) is 11.9 Å². The van der Waals surface area contributed by atoms with Crippen molar-refractivity contribution in [2.24, 2.45) is 7.05 Å². The topological polar surface area (TPSA) is 80.6 Å². The Bertz CT molecular complexity index is 1460. The number of fused-ring (bicyclic) bond motifs is 1. The molecule has 6 heteroatoms. The van der Waals surface area contributed by atoms with Crippen LogP contribution in [0.4, 0.5) is 0 Å². The first kappa shape index (κ1) is 26.0. The Morgan fingerprint density at radius 3 is 2.38 bits per heavy atom. The summed E-state index contributed by atoms with van der Waals surface area (Å²) in [5.41, 5.74) is 5.99. The zero-order valence-corrected chi connectivity index (χ0v) is 22.3. The van der Waals surface area contributed by atoms with Gasteiger partial charge in [-0.05, 0) is 82.0 Å². The lowest BCUT2D eigenvalue weighted by atomic mass is 10.0. The summed E-state index contributed by atoms with van der Waals surface area (Å²) < 4.78 is 7.75. The number of carbonyl (C=O) groups is 2. The highest BCUT2D eigenvalue weighted by molar-refractivity contribution is 5.99. The molecule has 0 spiro atoms. The molecule has 37 heavy (non-hydrogen) atoms. The van der Waals surface area contributed by atoms with Gasteiger partial charge in [-0.3, -0.25) is 4.79 Å². The quantitative estimate of drug-likeness (QED) is 0.307. The normalized spacial score (nSPS) is 12.4. The molecule has 4 rings (SSSR count). The molecule has 0 aliphatic rings. The Morgan fingerprint density at radius 2 is 1.73 bits per heavy atom. The van der Waals surface area contributed by atoms with Gasteiger partial charge in [-0.2, -0.15) is 0 Å². The summed E-state index contributed by atoms with van der Waals surface area (Å²) >= 11 is 0. The molecular weight excluding hydrogens is 464 g/mol. The highest BCUT2D eigenvalue weighted by Crippen LogP contribution is 2.29. The van der Waals surface area contributed by atoms with E-state index < -0.39 is 11.6 Å². The second-order valence-electron chi connectivity index (χ2n) is 10.2. The van der Waals surface area contributed by atoms with Crippen molar-refractivity contribution in [1.29, 1.82) is 0 Å². The van der Waals surface area contributed by atoms with E-state index in [0.717, 1.165) is 33.3 Å². The first-order valence-corrected chi connectivity index (χ1v) is 12.4. The smallest absolute Gasteiger partial charge is 0.347 e. The van der Waals surface area contributed by atoms with E-state index in [9.17, 15) is 14.7 Å². The maximum Gasteiger partial charge on any atom is 0.347 e. The number of benzene rings is 3. The second kappa shape index (κ2) is 10.1. The fourth-order valence-electron chi connectivity index (χ4n) is 4.53. The van der Waals surface area contributed by atoms with Gasteiger partial charge < -0.3 is 19.7 Å². The zero-order valence-electron chi connectivity index (χ0n) is 22.3. The minimum Gasteiger partial charge on any atom is -0.478 e. The van der Waals surface area contributed by atoms with Crippen LogP contribution in [0, 0.1) is 13.8 Å². The fourth-order valence-corrected chi connectivity index (χ4v) is 4.53. The van der Waals surface area contributed by atoms with Crippen LogP contribution < -0.4 is 10.1 Å². The van der Waals surface area contributed by atoms with Crippen LogP contribution in [0.3, 0.4) is 0 Å². The van der Waals surface area contributed by atoms with E-state index in [1.807, 2.05) is 69.4 Å². The van der Waals surface area contributed by atoms with Gasteiger partial charge in [0.25, 0.3) is 5.91 Å². The molecule has 192 valence electrons. The number of aromatic nitrogens is 1. The SMILES string of the molecule is Cc1cccc([C@H](C)NC(=O)c2ccc3c(Cc4ccc(OC(C)(C)C(=O)O)cc4)c(C)n(C)c3c2)c1. The molecule has 4 aromatic rings. The van der Waals surface area contributed by atoms with Crippen LogP contribution in [-0.4, -0.2) is 27.2 Å². The number of ether oxygens (including phenoxy) is 1. The lowest BCUT2D eigenvalue weighted by Crippen LogP contribution is -2.37. The first-order chi connectivity index (χ1) is 17.5. The first-order valence-electron chi connectivity index (χ1n) is 12.4. The molecule has 0 saturated carbocycles. The number of nitrogens with one attached hydrogen (secondary N) is 1. The molecule has 0 aliphatic carbocycles. The van der Waals surface area contributed by atoms with Crippen molar-refractivity contribution in [3.05, 3.63) is 100 Å². The van der Waals surface area contributed by atoms with Gasteiger partial charge in [-0.25, -0.2) is 4.79 Å². The molecule has 1 atom stereocenters. The fraction of sp³-hybridized carbons (Fsp3) is 0.290. The maximum absolute atomic E-state index is 13.1. The van der Waals surface area contributed by atoms with Crippen LogP contribution in [0.2, 0.25) is 0 Å². The minimum atomic E-state index is -1.30. The van der Waals surface area contributed by atoms with E-state index in [1.54, 1.807) is 12.1 Å². The van der Waals surface area contributed by atoms with Gasteiger partial charge in [0.2, 0.25) is 0 Å². The molecule has 0 radical (unpaired) electrons. The number of carboxylic acid groups (broad SMARTS) is 1. The average molecular weight is 499 g/mol. The minimum absolute atomic E-state index is 0.0955. The largest absolute Gasteiger partial charge is 0.478 e. The zero-order chi connectivity index (χ0) is 26.9. The molecule has 0 aliphatic heterocycles. The summed E-state index contributed by atoms with van der Waals surface area (Å²) in [6.07, 6.45) is 0.710. The number of hydrogen-bond acceptors (Lipinski definition) is 3. The Kier molecular flexibility index (Phi) is 7.12. The monoisotopic (exact) mass is 498 g/mol. The summed E-state index contributed by atoms with van der Waals surface area (Å²) in [4.78, 5) is 24.4. The van der Waals surface area contributed by atoms with Crippen molar-refractivity contribution < 1.29 is 19.4 Å². The number of aryl methyl sites for hydroxylation is 2. The number of carbonyl (C=O) groups excluding carboxylic acids is 1. The van der Waals surface area contributed by atoms with Crippen molar-refractivity contribution >= 4 is 22.8 Å². The summed E-state index contributed by atoms with van der Waals surface area (Å²) in [5, 5.41) is 13.5. The van der Waals surface area contributed by atoms with E-state index in [0.29, 0.717) is 17.7 Å². The number of hydrogen-bond donors (Lipinski definition) is 2. The van der Waals surface area contributed by atoms with Gasteiger partial charge in [0, 0.05) is 29.2 Å². The molecule has 1 heterocycles. The molecule has 1 aromatic heterocycles. The van der Waals surface area contributed by atoms with Crippen LogP contribution in [0.5, 0.6) is 5.75 Å².